The van der Waals surface area contributed by atoms with Gasteiger partial charge in [-0.25, -0.2) is 24.0 Å². The summed E-state index contributed by atoms with van der Waals surface area (Å²) in [4.78, 5) is 62.2. The van der Waals surface area contributed by atoms with Crippen LogP contribution in [-0.2, 0) is 20.7 Å². The van der Waals surface area contributed by atoms with Crippen molar-refractivity contribution in [3.05, 3.63) is 160 Å². The summed E-state index contributed by atoms with van der Waals surface area (Å²) in [6.07, 6.45) is 0. The van der Waals surface area contributed by atoms with E-state index in [2.05, 4.69) is 0 Å². The molecule has 0 saturated heterocycles. The Balaban J connectivity index is 1.14. The number of carboxylic acid groups (broad SMARTS) is 1. The molecule has 0 amide bonds. The van der Waals surface area contributed by atoms with Crippen LogP contribution in [0.5, 0.6) is 11.5 Å². The summed E-state index contributed by atoms with van der Waals surface area (Å²) in [6.45, 7) is 6.96. The predicted octanol–water partition coefficient (Wildman–Crippen LogP) is 7.59. The lowest BCUT2D eigenvalue weighted by Crippen LogP contribution is -2.25. The Kier molecular flexibility index (Phi) is 10.5. The average molecular weight is 702 g/mol. The SMILES string of the molecule is CC(C)(OC(=O)c1ccc(C(=O)Oc2ccc(C(C)(C)OC(=O)c3ccc(C(=O)Oc4ccc(C(=O)O)cc4)cc3)cc2)cc1)c1ccc(N)cc1. The Morgan fingerprint density at radius 3 is 1.08 bits per heavy atom. The molecular formula is C41H35NO10. The molecule has 0 unspecified atom stereocenters. The minimum Gasteiger partial charge on any atom is -0.478 e. The van der Waals surface area contributed by atoms with Gasteiger partial charge in [-0.1, -0.05) is 24.3 Å². The zero-order chi connectivity index (χ0) is 37.6. The third-order valence-electron chi connectivity index (χ3n) is 8.09. The Bertz CT molecular complexity index is 2100. The Labute approximate surface area is 299 Å². The molecule has 0 spiro atoms. The monoisotopic (exact) mass is 701 g/mol. The molecule has 0 saturated carbocycles. The van der Waals surface area contributed by atoms with Crippen molar-refractivity contribution in [1.82, 2.24) is 0 Å². The topological polar surface area (TPSA) is 169 Å². The average Bonchev–Trinajstić information content (AvgIpc) is 3.12. The van der Waals surface area contributed by atoms with E-state index >= 15 is 0 Å². The lowest BCUT2D eigenvalue weighted by Gasteiger charge is -2.26. The maximum Gasteiger partial charge on any atom is 0.343 e. The summed E-state index contributed by atoms with van der Waals surface area (Å²) >= 11 is 0. The van der Waals surface area contributed by atoms with Crippen molar-refractivity contribution in [2.75, 3.05) is 5.73 Å². The van der Waals surface area contributed by atoms with E-state index in [9.17, 15) is 24.0 Å². The van der Waals surface area contributed by atoms with Crippen molar-refractivity contribution in [2.45, 2.75) is 38.9 Å². The number of nitrogens with two attached hydrogens (primary N) is 1. The fourth-order valence-electron chi connectivity index (χ4n) is 4.99. The molecule has 5 rings (SSSR count). The van der Waals surface area contributed by atoms with Crippen LogP contribution in [0.25, 0.3) is 0 Å². The van der Waals surface area contributed by atoms with Crippen LogP contribution in [0, 0.1) is 0 Å². The van der Waals surface area contributed by atoms with E-state index in [1.165, 1.54) is 72.8 Å². The van der Waals surface area contributed by atoms with Gasteiger partial charge in [0.25, 0.3) is 0 Å². The first-order chi connectivity index (χ1) is 24.6. The Morgan fingerprint density at radius 1 is 0.442 bits per heavy atom. The highest BCUT2D eigenvalue weighted by molar-refractivity contribution is 5.95. The summed E-state index contributed by atoms with van der Waals surface area (Å²) < 4.78 is 22.3. The third-order valence-corrected chi connectivity index (χ3v) is 8.09. The van der Waals surface area contributed by atoms with Crippen LogP contribution in [0.3, 0.4) is 0 Å². The van der Waals surface area contributed by atoms with Crippen molar-refractivity contribution in [1.29, 1.82) is 0 Å². The van der Waals surface area contributed by atoms with Crippen molar-refractivity contribution in [3.63, 3.8) is 0 Å². The summed E-state index contributed by atoms with van der Waals surface area (Å²) in [5, 5.41) is 9.01. The van der Waals surface area contributed by atoms with Gasteiger partial charge >= 0.3 is 29.8 Å². The summed E-state index contributed by atoms with van der Waals surface area (Å²) in [7, 11) is 0. The summed E-state index contributed by atoms with van der Waals surface area (Å²) in [5.74, 6) is -3.18. The van der Waals surface area contributed by atoms with Gasteiger partial charge < -0.3 is 29.8 Å². The van der Waals surface area contributed by atoms with Crippen molar-refractivity contribution < 1.29 is 48.0 Å². The standard InChI is InChI=1S/C41H35NO10/c1-40(2,30-15-19-32(42)20-16-30)51-38(47)28-11-7-27(8-12-28)37(46)50-34-23-17-31(18-24-34)41(3,4)52-39(48)29-9-5-26(6-10-29)36(45)49-33-21-13-25(14-22-33)35(43)44/h5-24H,42H2,1-4H3,(H,43,44). The van der Waals surface area contributed by atoms with E-state index in [0.717, 1.165) is 5.56 Å². The van der Waals surface area contributed by atoms with Gasteiger partial charge in [-0.2, -0.15) is 0 Å². The number of esters is 4. The number of anilines is 1. The summed E-state index contributed by atoms with van der Waals surface area (Å²) in [5.41, 5.74) is 6.70. The number of rotatable bonds is 11. The second-order valence-corrected chi connectivity index (χ2v) is 12.7. The van der Waals surface area contributed by atoms with E-state index in [4.69, 9.17) is 29.8 Å². The molecule has 0 atom stereocenters. The van der Waals surface area contributed by atoms with Crippen molar-refractivity contribution in [2.24, 2.45) is 0 Å². The number of ether oxygens (including phenoxy) is 4. The second kappa shape index (κ2) is 15.0. The number of aromatic carboxylic acids is 1. The van der Waals surface area contributed by atoms with Crippen LogP contribution >= 0.6 is 0 Å². The van der Waals surface area contributed by atoms with E-state index in [1.807, 2.05) is 0 Å². The minimum absolute atomic E-state index is 0.0570. The number of carbonyl (C=O) groups excluding carboxylic acids is 4. The first-order valence-electron chi connectivity index (χ1n) is 16.0. The molecule has 0 fully saturated rings. The molecule has 52 heavy (non-hydrogen) atoms. The maximum atomic E-state index is 13.0. The van der Waals surface area contributed by atoms with E-state index in [-0.39, 0.29) is 39.3 Å². The van der Waals surface area contributed by atoms with Gasteiger partial charge in [0.2, 0.25) is 0 Å². The second-order valence-electron chi connectivity index (χ2n) is 12.7. The molecule has 11 heteroatoms. The number of carbonyl (C=O) groups is 5. The molecule has 264 valence electrons. The Morgan fingerprint density at radius 2 is 0.731 bits per heavy atom. The normalized spacial score (nSPS) is 11.2. The number of hydrogen-bond donors (Lipinski definition) is 2. The lowest BCUT2D eigenvalue weighted by atomic mass is 9.97. The highest BCUT2D eigenvalue weighted by Crippen LogP contribution is 2.29. The number of carboxylic acids is 1. The van der Waals surface area contributed by atoms with Crippen LogP contribution in [0.4, 0.5) is 5.69 Å². The van der Waals surface area contributed by atoms with E-state index in [1.54, 1.807) is 76.2 Å². The van der Waals surface area contributed by atoms with E-state index < -0.39 is 41.0 Å². The number of hydrogen-bond acceptors (Lipinski definition) is 10. The highest BCUT2D eigenvalue weighted by atomic mass is 16.6. The van der Waals surface area contributed by atoms with E-state index in [0.29, 0.717) is 11.3 Å². The zero-order valence-corrected chi connectivity index (χ0v) is 28.7. The predicted molar refractivity (Wildman–Crippen MR) is 190 cm³/mol. The first kappa shape index (κ1) is 36.5. The molecule has 0 radical (unpaired) electrons. The molecular weight excluding hydrogens is 666 g/mol. The Hall–Kier alpha value is -6.75. The lowest BCUT2D eigenvalue weighted by molar-refractivity contribution is -0.00421. The highest BCUT2D eigenvalue weighted by Gasteiger charge is 2.28. The smallest absolute Gasteiger partial charge is 0.343 e. The van der Waals surface area contributed by atoms with Gasteiger partial charge in [0, 0.05) is 5.69 Å². The molecule has 0 heterocycles. The number of nitrogen functional groups attached to an aromatic ring is 1. The molecule has 5 aromatic rings. The molecule has 3 N–H and O–H groups in total. The molecule has 0 bridgehead atoms. The van der Waals surface area contributed by atoms with Crippen LogP contribution in [0.15, 0.2) is 121 Å². The third kappa shape index (κ3) is 8.88. The van der Waals surface area contributed by atoms with Gasteiger partial charge in [0.05, 0.1) is 27.8 Å². The first-order valence-corrected chi connectivity index (χ1v) is 16.0. The zero-order valence-electron chi connectivity index (χ0n) is 28.7. The molecule has 11 nitrogen and oxygen atoms in total. The quantitative estimate of drug-likeness (QED) is 0.0791. The molecule has 0 aliphatic rings. The van der Waals surface area contributed by atoms with Crippen LogP contribution in [-0.4, -0.2) is 35.0 Å². The van der Waals surface area contributed by atoms with Gasteiger partial charge in [-0.15, -0.1) is 0 Å². The van der Waals surface area contributed by atoms with Crippen LogP contribution in [0.1, 0.15) is 90.6 Å². The van der Waals surface area contributed by atoms with Gasteiger partial charge in [0.15, 0.2) is 0 Å². The largest absolute Gasteiger partial charge is 0.478 e. The van der Waals surface area contributed by atoms with Crippen LogP contribution < -0.4 is 15.2 Å². The summed E-state index contributed by atoms with van der Waals surface area (Å²) in [6, 6.07) is 30.6. The fourth-order valence-corrected chi connectivity index (χ4v) is 4.99. The van der Waals surface area contributed by atoms with Gasteiger partial charge in [0.1, 0.15) is 22.7 Å². The molecule has 0 aromatic heterocycles. The van der Waals surface area contributed by atoms with Gasteiger partial charge in [-0.3, -0.25) is 0 Å². The number of benzene rings is 5. The van der Waals surface area contributed by atoms with Gasteiger partial charge in [-0.05, 0) is 136 Å². The molecule has 5 aromatic carbocycles. The molecule has 0 aliphatic heterocycles. The fraction of sp³-hybridized carbons (Fsp3) is 0.146. The maximum absolute atomic E-state index is 13.0. The van der Waals surface area contributed by atoms with Crippen molar-refractivity contribution >= 4 is 35.5 Å². The van der Waals surface area contributed by atoms with Crippen LogP contribution in [0.2, 0.25) is 0 Å². The van der Waals surface area contributed by atoms with Crippen molar-refractivity contribution in [3.8, 4) is 11.5 Å². The minimum atomic E-state index is -1.10. The molecule has 0 aliphatic carbocycles.